The van der Waals surface area contributed by atoms with Crippen LogP contribution in [0, 0.1) is 10.5 Å². The minimum atomic E-state index is -0.265. The van der Waals surface area contributed by atoms with Crippen LogP contribution < -0.4 is 10.7 Å². The number of nitrogens with one attached hydrogen (secondary N) is 2. The van der Waals surface area contributed by atoms with Crippen LogP contribution in [0.15, 0.2) is 59.7 Å². The Morgan fingerprint density at radius 2 is 2.00 bits per heavy atom. The number of aromatic hydroxyl groups is 1. The second kappa shape index (κ2) is 8.18. The number of hydrogen-bond donors (Lipinski definition) is 3. The van der Waals surface area contributed by atoms with Crippen molar-refractivity contribution in [2.45, 2.75) is 6.92 Å². The van der Waals surface area contributed by atoms with E-state index < -0.39 is 0 Å². The van der Waals surface area contributed by atoms with Gasteiger partial charge in [0.05, 0.1) is 12.8 Å². The lowest BCUT2D eigenvalue weighted by atomic mass is 10.0. The van der Waals surface area contributed by atoms with Gasteiger partial charge in [0.1, 0.15) is 5.75 Å². The Kier molecular flexibility index (Phi) is 5.72. The molecule has 0 fully saturated rings. The molecule has 0 unspecified atom stereocenters. The first-order chi connectivity index (χ1) is 12.5. The second-order valence-electron chi connectivity index (χ2n) is 5.83. The van der Waals surface area contributed by atoms with E-state index in [1.807, 2.05) is 55.5 Å². The number of aryl methyl sites for hydroxylation is 1. The molecular weight excluding hydrogens is 441 g/mol. The number of amides is 1. The van der Waals surface area contributed by atoms with Gasteiger partial charge in [-0.05, 0) is 70.1 Å². The van der Waals surface area contributed by atoms with Crippen molar-refractivity contribution in [2.75, 3.05) is 11.9 Å². The van der Waals surface area contributed by atoms with Crippen LogP contribution in [0.3, 0.4) is 0 Å². The lowest BCUT2D eigenvalue weighted by Crippen LogP contribution is -2.26. The monoisotopic (exact) mass is 459 g/mol. The van der Waals surface area contributed by atoms with E-state index in [0.717, 1.165) is 25.6 Å². The van der Waals surface area contributed by atoms with Crippen LogP contribution in [0.4, 0.5) is 5.69 Å². The van der Waals surface area contributed by atoms with Crippen LogP contribution in [0.2, 0.25) is 0 Å². The van der Waals surface area contributed by atoms with Crippen LogP contribution in [0.25, 0.3) is 10.8 Å². The highest BCUT2D eigenvalue weighted by atomic mass is 127. The summed E-state index contributed by atoms with van der Waals surface area (Å²) in [6.07, 6.45) is 1.46. The van der Waals surface area contributed by atoms with Crippen LogP contribution in [0.5, 0.6) is 5.75 Å². The van der Waals surface area contributed by atoms with Crippen LogP contribution in [-0.2, 0) is 4.79 Å². The van der Waals surface area contributed by atoms with Crippen molar-refractivity contribution in [1.29, 1.82) is 0 Å². The Bertz CT molecular complexity index is 986. The van der Waals surface area contributed by atoms with Gasteiger partial charge in [0.25, 0.3) is 5.91 Å². The highest BCUT2D eigenvalue weighted by Gasteiger charge is 2.05. The third-order valence-corrected chi connectivity index (χ3v) is 4.63. The number of carbonyl (C=O) groups is 1. The normalized spacial score (nSPS) is 11.0. The topological polar surface area (TPSA) is 73.7 Å². The Balaban J connectivity index is 1.64. The summed E-state index contributed by atoms with van der Waals surface area (Å²) >= 11 is 2.25. The zero-order valence-electron chi connectivity index (χ0n) is 14.2. The van der Waals surface area contributed by atoms with Gasteiger partial charge in [-0.3, -0.25) is 4.79 Å². The molecule has 1 amide bonds. The van der Waals surface area contributed by atoms with Gasteiger partial charge < -0.3 is 10.4 Å². The van der Waals surface area contributed by atoms with E-state index in [9.17, 15) is 9.90 Å². The molecule has 0 radical (unpaired) electrons. The molecule has 3 aromatic rings. The average Bonchev–Trinajstić information content (AvgIpc) is 2.63. The van der Waals surface area contributed by atoms with E-state index >= 15 is 0 Å². The summed E-state index contributed by atoms with van der Waals surface area (Å²) in [5.41, 5.74) is 5.04. The molecule has 3 aromatic carbocycles. The number of fused-ring (bicyclic) bond motifs is 1. The molecule has 3 rings (SSSR count). The molecule has 5 nitrogen and oxygen atoms in total. The zero-order chi connectivity index (χ0) is 18.5. The van der Waals surface area contributed by atoms with Crippen molar-refractivity contribution in [3.8, 4) is 5.75 Å². The molecule has 132 valence electrons. The molecule has 6 heteroatoms. The molecule has 0 spiro atoms. The SMILES string of the molecule is Cc1cc(I)ccc1NCC(=O)N/N=C\c1c(O)ccc2ccccc12. The molecule has 26 heavy (non-hydrogen) atoms. The largest absolute Gasteiger partial charge is 0.507 e. The predicted molar refractivity (Wildman–Crippen MR) is 114 cm³/mol. The number of phenolic OH excluding ortho intramolecular Hbond substituents is 1. The van der Waals surface area contributed by atoms with E-state index in [2.05, 4.69) is 38.4 Å². The third kappa shape index (κ3) is 4.32. The first kappa shape index (κ1) is 18.2. The van der Waals surface area contributed by atoms with Gasteiger partial charge in [0.15, 0.2) is 0 Å². The summed E-state index contributed by atoms with van der Waals surface area (Å²) < 4.78 is 1.15. The fraction of sp³-hybridized carbons (Fsp3) is 0.100. The molecule has 0 heterocycles. The molecule has 0 aliphatic carbocycles. The summed E-state index contributed by atoms with van der Waals surface area (Å²) in [6.45, 7) is 2.10. The van der Waals surface area contributed by atoms with Crippen molar-refractivity contribution in [3.05, 3.63) is 69.3 Å². The average molecular weight is 459 g/mol. The first-order valence-electron chi connectivity index (χ1n) is 8.07. The number of nitrogens with zero attached hydrogens (tertiary/aromatic N) is 1. The molecule has 0 aliphatic heterocycles. The Labute approximate surface area is 165 Å². The quantitative estimate of drug-likeness (QED) is 0.307. The molecule has 0 aromatic heterocycles. The summed E-state index contributed by atoms with van der Waals surface area (Å²) in [6, 6.07) is 17.1. The fourth-order valence-corrected chi connectivity index (χ4v) is 3.28. The summed E-state index contributed by atoms with van der Waals surface area (Å²) in [5.74, 6) is -0.145. The molecule has 0 bridgehead atoms. The van der Waals surface area contributed by atoms with Crippen molar-refractivity contribution >= 4 is 51.2 Å². The van der Waals surface area contributed by atoms with E-state index in [-0.39, 0.29) is 18.2 Å². The van der Waals surface area contributed by atoms with Gasteiger partial charge in [0, 0.05) is 14.8 Å². The lowest BCUT2D eigenvalue weighted by Gasteiger charge is -2.09. The zero-order valence-corrected chi connectivity index (χ0v) is 16.3. The minimum Gasteiger partial charge on any atom is -0.507 e. The summed E-state index contributed by atoms with van der Waals surface area (Å²) in [5, 5.41) is 19.0. The molecule has 0 saturated carbocycles. The Morgan fingerprint density at radius 1 is 1.19 bits per heavy atom. The molecule has 0 atom stereocenters. The molecule has 3 N–H and O–H groups in total. The van der Waals surface area contributed by atoms with Crippen LogP contribution in [0.1, 0.15) is 11.1 Å². The second-order valence-corrected chi connectivity index (χ2v) is 7.07. The molecule has 0 aliphatic rings. The van der Waals surface area contributed by atoms with Crippen molar-refractivity contribution in [1.82, 2.24) is 5.43 Å². The molecular formula is C20H18IN3O2. The van der Waals surface area contributed by atoms with Crippen molar-refractivity contribution < 1.29 is 9.90 Å². The summed E-state index contributed by atoms with van der Waals surface area (Å²) in [7, 11) is 0. The fourth-order valence-electron chi connectivity index (χ4n) is 2.63. The third-order valence-electron chi connectivity index (χ3n) is 3.96. The Hall–Kier alpha value is -2.61. The van der Waals surface area contributed by atoms with E-state index in [1.54, 1.807) is 6.07 Å². The highest BCUT2D eigenvalue weighted by molar-refractivity contribution is 14.1. The van der Waals surface area contributed by atoms with Crippen LogP contribution in [-0.4, -0.2) is 23.8 Å². The smallest absolute Gasteiger partial charge is 0.259 e. The number of anilines is 1. The van der Waals surface area contributed by atoms with Crippen molar-refractivity contribution in [2.24, 2.45) is 5.10 Å². The number of rotatable bonds is 5. The van der Waals surface area contributed by atoms with Gasteiger partial charge in [0.2, 0.25) is 0 Å². The van der Waals surface area contributed by atoms with E-state index in [1.165, 1.54) is 6.21 Å². The van der Waals surface area contributed by atoms with Gasteiger partial charge in [-0.25, -0.2) is 5.43 Å². The lowest BCUT2D eigenvalue weighted by molar-refractivity contribution is -0.119. The first-order valence-corrected chi connectivity index (χ1v) is 9.15. The standard InChI is InChI=1S/C20H18IN3O2/c1-13-10-15(21)7-8-18(13)22-12-20(26)24-23-11-17-16-5-3-2-4-14(16)6-9-19(17)25/h2-11,22,25H,12H2,1H3,(H,24,26)/b23-11-. The van der Waals surface area contributed by atoms with Gasteiger partial charge in [-0.2, -0.15) is 5.10 Å². The number of hydrogen-bond acceptors (Lipinski definition) is 4. The predicted octanol–water partition coefficient (Wildman–Crippen LogP) is 4.02. The highest BCUT2D eigenvalue weighted by Crippen LogP contribution is 2.25. The number of phenols is 1. The van der Waals surface area contributed by atoms with E-state index in [0.29, 0.717) is 5.56 Å². The number of carbonyl (C=O) groups excluding carboxylic acids is 1. The molecule has 0 saturated heterocycles. The maximum atomic E-state index is 12.0. The number of benzene rings is 3. The van der Waals surface area contributed by atoms with E-state index in [4.69, 9.17) is 0 Å². The van der Waals surface area contributed by atoms with Gasteiger partial charge in [-0.1, -0.05) is 30.3 Å². The Morgan fingerprint density at radius 3 is 2.81 bits per heavy atom. The van der Waals surface area contributed by atoms with Gasteiger partial charge >= 0.3 is 0 Å². The summed E-state index contributed by atoms with van der Waals surface area (Å²) in [4.78, 5) is 12.0. The number of hydrazone groups is 1. The maximum absolute atomic E-state index is 12.0. The maximum Gasteiger partial charge on any atom is 0.259 e. The minimum absolute atomic E-state index is 0.111. The number of halogens is 1. The van der Waals surface area contributed by atoms with Gasteiger partial charge in [-0.15, -0.1) is 0 Å². The van der Waals surface area contributed by atoms with Crippen molar-refractivity contribution in [3.63, 3.8) is 0 Å². The van der Waals surface area contributed by atoms with Crippen LogP contribution >= 0.6 is 22.6 Å².